The minimum absolute atomic E-state index is 0.00566. The Hall–Kier alpha value is -4.86. The predicted octanol–water partition coefficient (Wildman–Crippen LogP) is 5.29. The maximum Gasteiger partial charge on any atom is 0.323 e. The highest BCUT2D eigenvalue weighted by atomic mass is 16.5. The first-order valence-corrected chi connectivity index (χ1v) is 14.9. The van der Waals surface area contributed by atoms with Gasteiger partial charge in [-0.05, 0) is 54.7 Å². The van der Waals surface area contributed by atoms with Crippen LogP contribution in [0.5, 0.6) is 5.75 Å². The Balaban J connectivity index is 1.28. The van der Waals surface area contributed by atoms with Crippen LogP contribution in [0, 0.1) is 6.92 Å². The van der Waals surface area contributed by atoms with Crippen molar-refractivity contribution in [2.24, 2.45) is 0 Å². The molecule has 1 saturated heterocycles. The molecule has 0 radical (unpaired) electrons. The number of amides is 4. The number of carboxylic acid groups (broad SMARTS) is 1. The number of rotatable bonds is 11. The van der Waals surface area contributed by atoms with Gasteiger partial charge < -0.3 is 30.3 Å². The lowest BCUT2D eigenvalue weighted by Gasteiger charge is -2.24. The number of nitrogens with zero attached hydrogens (tertiary/aromatic N) is 2. The summed E-state index contributed by atoms with van der Waals surface area (Å²) >= 11 is 0. The molecule has 4 rings (SSSR count). The van der Waals surface area contributed by atoms with Crippen LogP contribution in [0.2, 0.25) is 0 Å². The van der Waals surface area contributed by atoms with Crippen molar-refractivity contribution >= 4 is 35.2 Å². The van der Waals surface area contributed by atoms with Crippen LogP contribution < -0.4 is 15.4 Å². The van der Waals surface area contributed by atoms with Gasteiger partial charge in [0.05, 0.1) is 19.2 Å². The van der Waals surface area contributed by atoms with Crippen molar-refractivity contribution in [3.05, 3.63) is 89.5 Å². The molecule has 1 aliphatic heterocycles. The van der Waals surface area contributed by atoms with E-state index in [-0.39, 0.29) is 30.7 Å². The maximum atomic E-state index is 13.2. The van der Waals surface area contributed by atoms with Crippen LogP contribution in [0.4, 0.5) is 16.2 Å². The number of ether oxygens (including phenoxy) is 1. The summed E-state index contributed by atoms with van der Waals surface area (Å²) < 4.78 is 5.50. The molecule has 1 fully saturated rings. The molecular weight excluding hydrogens is 560 g/mol. The zero-order valence-corrected chi connectivity index (χ0v) is 25.3. The second-order valence-electron chi connectivity index (χ2n) is 11.0. The number of nitrogens with one attached hydrogen (secondary N) is 2. The Morgan fingerprint density at radius 3 is 2.16 bits per heavy atom. The number of hydrogen-bond acceptors (Lipinski definition) is 5. The molecule has 1 aliphatic rings. The average molecular weight is 601 g/mol. The fraction of sp³-hybridized carbons (Fsp3) is 0.353. The van der Waals surface area contributed by atoms with Crippen molar-refractivity contribution < 1.29 is 29.0 Å². The third-order valence-corrected chi connectivity index (χ3v) is 7.85. The third-order valence-electron chi connectivity index (χ3n) is 7.85. The largest absolute Gasteiger partial charge is 0.495 e. The van der Waals surface area contributed by atoms with Gasteiger partial charge in [0.15, 0.2) is 0 Å². The fourth-order valence-corrected chi connectivity index (χ4v) is 5.39. The molecule has 1 heterocycles. The van der Waals surface area contributed by atoms with Crippen molar-refractivity contribution in [3.8, 4) is 5.75 Å². The van der Waals surface area contributed by atoms with Crippen LogP contribution >= 0.6 is 0 Å². The van der Waals surface area contributed by atoms with Crippen molar-refractivity contribution in [3.63, 3.8) is 0 Å². The summed E-state index contributed by atoms with van der Waals surface area (Å²) in [7, 11) is 1.53. The van der Waals surface area contributed by atoms with E-state index >= 15 is 0 Å². The van der Waals surface area contributed by atoms with Gasteiger partial charge in [-0.1, -0.05) is 54.6 Å². The normalized spacial score (nSPS) is 13.9. The molecule has 10 heteroatoms. The van der Waals surface area contributed by atoms with Gasteiger partial charge in [0.25, 0.3) is 0 Å². The summed E-state index contributed by atoms with van der Waals surface area (Å²) in [5.41, 5.74) is 3.92. The second-order valence-corrected chi connectivity index (χ2v) is 11.0. The van der Waals surface area contributed by atoms with Gasteiger partial charge in [-0.3, -0.25) is 14.4 Å². The van der Waals surface area contributed by atoms with Gasteiger partial charge >= 0.3 is 12.0 Å². The number of benzene rings is 3. The number of aliphatic carboxylic acids is 1. The van der Waals surface area contributed by atoms with Crippen molar-refractivity contribution in [1.82, 2.24) is 9.80 Å². The summed E-state index contributed by atoms with van der Waals surface area (Å²) in [5.74, 6) is -0.931. The molecule has 0 bridgehead atoms. The average Bonchev–Trinajstić information content (AvgIpc) is 3.28. The van der Waals surface area contributed by atoms with Crippen LogP contribution in [0.1, 0.15) is 48.3 Å². The summed E-state index contributed by atoms with van der Waals surface area (Å²) in [6.45, 7) is 3.85. The van der Waals surface area contributed by atoms with Crippen molar-refractivity contribution in [1.29, 1.82) is 0 Å². The second kappa shape index (κ2) is 15.6. The van der Waals surface area contributed by atoms with E-state index in [1.54, 1.807) is 15.9 Å². The number of carbonyl (C=O) groups excluding carboxylic acids is 3. The monoisotopic (exact) mass is 600 g/mol. The van der Waals surface area contributed by atoms with E-state index in [1.165, 1.54) is 7.11 Å². The Morgan fingerprint density at radius 2 is 1.48 bits per heavy atom. The van der Waals surface area contributed by atoms with E-state index < -0.39 is 11.9 Å². The van der Waals surface area contributed by atoms with Crippen LogP contribution in [-0.4, -0.2) is 72.0 Å². The molecule has 44 heavy (non-hydrogen) atoms. The maximum absolute atomic E-state index is 13.2. The summed E-state index contributed by atoms with van der Waals surface area (Å²) in [4.78, 5) is 53.8. The summed E-state index contributed by atoms with van der Waals surface area (Å²) in [5, 5.41) is 15.0. The first-order chi connectivity index (χ1) is 21.2. The molecule has 4 amide bonds. The molecule has 0 aliphatic carbocycles. The van der Waals surface area contributed by atoms with Crippen LogP contribution in [0.3, 0.4) is 0 Å². The molecular formula is C34H40N4O6. The standard InChI is InChI=1S/C34H40N4O6/c1-24-9-6-7-12-28(24)35-34(43)36-29-15-13-25(21-30(29)44-2)14-16-31(39)37-17-8-18-38(20-19-37)32(40)22-27(23-33(41)42)26-10-4-3-5-11-26/h3-7,9-13,15,21,27H,8,14,16-20,22-23H2,1-2H3,(H,41,42)(H2,35,36,43). The van der Waals surface area contributed by atoms with Gasteiger partial charge in [0.1, 0.15) is 5.75 Å². The quantitative estimate of drug-likeness (QED) is 0.274. The molecule has 232 valence electrons. The number of carbonyl (C=O) groups is 4. The predicted molar refractivity (Wildman–Crippen MR) is 169 cm³/mol. The van der Waals surface area contributed by atoms with E-state index in [0.29, 0.717) is 56.9 Å². The van der Waals surface area contributed by atoms with Crippen molar-refractivity contribution in [2.75, 3.05) is 43.9 Å². The highest BCUT2D eigenvalue weighted by molar-refractivity contribution is 6.01. The van der Waals surface area contributed by atoms with Gasteiger partial charge in [-0.25, -0.2) is 4.79 Å². The SMILES string of the molecule is COc1cc(CCC(=O)N2CCCN(C(=O)CC(CC(=O)O)c3ccccc3)CC2)ccc1NC(=O)Nc1ccccc1C. The van der Waals surface area contributed by atoms with E-state index in [2.05, 4.69) is 10.6 Å². The number of aryl methyl sites for hydroxylation is 2. The molecule has 0 spiro atoms. The number of hydrogen-bond donors (Lipinski definition) is 3. The Labute approximate surface area is 258 Å². The minimum Gasteiger partial charge on any atom is -0.495 e. The number of carboxylic acids is 1. The summed E-state index contributed by atoms with van der Waals surface area (Å²) in [6.07, 6.45) is 1.45. The number of para-hydroxylation sites is 1. The first kappa shape index (κ1) is 32.1. The van der Waals surface area contributed by atoms with Gasteiger partial charge in [0.2, 0.25) is 11.8 Å². The van der Waals surface area contributed by atoms with Gasteiger partial charge in [-0.2, -0.15) is 0 Å². The smallest absolute Gasteiger partial charge is 0.323 e. The zero-order chi connectivity index (χ0) is 31.5. The van der Waals surface area contributed by atoms with E-state index in [0.717, 1.165) is 22.4 Å². The highest BCUT2D eigenvalue weighted by Gasteiger charge is 2.26. The molecule has 3 N–H and O–H groups in total. The molecule has 3 aromatic rings. The molecule has 10 nitrogen and oxygen atoms in total. The molecule has 0 saturated carbocycles. The topological polar surface area (TPSA) is 128 Å². The Morgan fingerprint density at radius 1 is 0.818 bits per heavy atom. The highest BCUT2D eigenvalue weighted by Crippen LogP contribution is 2.27. The number of anilines is 2. The molecule has 0 aromatic heterocycles. The number of urea groups is 1. The van der Waals surface area contributed by atoms with Crippen LogP contribution in [0.25, 0.3) is 0 Å². The lowest BCUT2D eigenvalue weighted by Crippen LogP contribution is -2.38. The zero-order valence-electron chi connectivity index (χ0n) is 25.3. The fourth-order valence-electron chi connectivity index (χ4n) is 5.39. The third kappa shape index (κ3) is 9.07. The van der Waals surface area contributed by atoms with E-state index in [1.807, 2.05) is 73.7 Å². The lowest BCUT2D eigenvalue weighted by atomic mass is 9.92. The van der Waals surface area contributed by atoms with Crippen LogP contribution in [-0.2, 0) is 20.8 Å². The number of methoxy groups -OCH3 is 1. The molecule has 1 unspecified atom stereocenters. The Bertz CT molecular complexity index is 1460. The Kier molecular flexibility index (Phi) is 11.3. The van der Waals surface area contributed by atoms with E-state index in [9.17, 15) is 24.3 Å². The molecule has 1 atom stereocenters. The van der Waals surface area contributed by atoms with Crippen molar-refractivity contribution in [2.45, 2.75) is 44.9 Å². The first-order valence-electron chi connectivity index (χ1n) is 14.9. The lowest BCUT2D eigenvalue weighted by molar-refractivity contribution is -0.138. The van der Waals surface area contributed by atoms with Crippen LogP contribution in [0.15, 0.2) is 72.8 Å². The van der Waals surface area contributed by atoms with Gasteiger partial charge in [0, 0.05) is 50.6 Å². The van der Waals surface area contributed by atoms with E-state index in [4.69, 9.17) is 4.74 Å². The van der Waals surface area contributed by atoms with Gasteiger partial charge in [-0.15, -0.1) is 0 Å². The summed E-state index contributed by atoms with van der Waals surface area (Å²) in [6, 6.07) is 21.8. The molecule has 3 aromatic carbocycles. The minimum atomic E-state index is -0.938.